The van der Waals surface area contributed by atoms with E-state index in [0.717, 1.165) is 11.8 Å². The second kappa shape index (κ2) is 11.4. The highest BCUT2D eigenvalue weighted by Gasteiger charge is 2.33. The van der Waals surface area contributed by atoms with Gasteiger partial charge < -0.3 is 9.47 Å². The number of nitro groups is 1. The molecule has 1 aliphatic heterocycles. The lowest BCUT2D eigenvalue weighted by Crippen LogP contribution is -2.27. The topological polar surface area (TPSA) is 81.9 Å². The predicted molar refractivity (Wildman–Crippen MR) is 142 cm³/mol. The molecule has 0 aromatic heterocycles. The van der Waals surface area contributed by atoms with Crippen LogP contribution in [0.2, 0.25) is 5.02 Å². The number of nitrogens with zero attached hydrogens (tertiary/aromatic N) is 2. The van der Waals surface area contributed by atoms with E-state index in [-0.39, 0.29) is 11.6 Å². The summed E-state index contributed by atoms with van der Waals surface area (Å²) in [5.41, 5.74) is 0.981. The van der Waals surface area contributed by atoms with Crippen LogP contribution < -0.4 is 14.4 Å². The summed E-state index contributed by atoms with van der Waals surface area (Å²) in [6.07, 6.45) is 2.16. The third kappa shape index (κ3) is 6.19. The molecule has 1 heterocycles. The van der Waals surface area contributed by atoms with Crippen molar-refractivity contribution in [2.45, 2.75) is 6.42 Å². The summed E-state index contributed by atoms with van der Waals surface area (Å²) in [5.74, 6) is 0.831. The fourth-order valence-electron chi connectivity index (χ4n) is 3.26. The second-order valence-electron chi connectivity index (χ2n) is 7.34. The summed E-state index contributed by atoms with van der Waals surface area (Å²) in [6.45, 7) is 0.733. The van der Waals surface area contributed by atoms with Crippen LogP contribution in [-0.2, 0) is 4.79 Å². The highest BCUT2D eigenvalue weighted by atomic mass is 35.5. The first-order chi connectivity index (χ1) is 16.9. The zero-order valence-electron chi connectivity index (χ0n) is 18.3. The number of ether oxygens (including phenoxy) is 2. The molecule has 0 bridgehead atoms. The van der Waals surface area contributed by atoms with Crippen molar-refractivity contribution < 1.29 is 19.2 Å². The van der Waals surface area contributed by atoms with Crippen molar-refractivity contribution >= 4 is 63.3 Å². The van der Waals surface area contributed by atoms with Crippen LogP contribution in [0.1, 0.15) is 12.0 Å². The molecule has 1 fully saturated rings. The Labute approximate surface area is 216 Å². The molecular weight excluding hydrogens is 508 g/mol. The first kappa shape index (κ1) is 24.7. The zero-order valence-corrected chi connectivity index (χ0v) is 20.6. The molecule has 4 rings (SSSR count). The largest absolute Gasteiger partial charge is 0.493 e. The lowest BCUT2D eigenvalue weighted by Gasteiger charge is -2.14. The minimum atomic E-state index is -0.490. The molecule has 7 nitrogen and oxygen atoms in total. The van der Waals surface area contributed by atoms with Gasteiger partial charge in [0.2, 0.25) is 0 Å². The Balaban J connectivity index is 1.47. The van der Waals surface area contributed by atoms with Crippen LogP contribution in [0.5, 0.6) is 11.5 Å². The standard InChI is InChI=1S/C25H19ClN2O5S2/c26-18-7-10-21(11-8-18)32-13-4-14-33-22-12-9-20(28(30)31)15-17(22)16-23-24(29)27(25(34)35-23)19-5-2-1-3-6-19/h1-3,5-12,15-16H,4,13-14H2. The fourth-order valence-corrected chi connectivity index (χ4v) is 4.68. The van der Waals surface area contributed by atoms with E-state index in [2.05, 4.69) is 0 Å². The molecule has 3 aromatic rings. The maximum Gasteiger partial charge on any atom is 0.270 e. The Morgan fingerprint density at radius 2 is 1.74 bits per heavy atom. The van der Waals surface area contributed by atoms with E-state index in [9.17, 15) is 14.9 Å². The van der Waals surface area contributed by atoms with Gasteiger partial charge in [0.25, 0.3) is 11.6 Å². The Hall–Kier alpha value is -3.40. The van der Waals surface area contributed by atoms with Crippen LogP contribution >= 0.6 is 35.6 Å². The van der Waals surface area contributed by atoms with Crippen molar-refractivity contribution in [2.24, 2.45) is 0 Å². The Morgan fingerprint density at radius 3 is 2.46 bits per heavy atom. The van der Waals surface area contributed by atoms with Crippen LogP contribution in [0.3, 0.4) is 0 Å². The number of carbonyl (C=O) groups excluding carboxylic acids is 1. The smallest absolute Gasteiger partial charge is 0.270 e. The van der Waals surface area contributed by atoms with Crippen molar-refractivity contribution in [1.29, 1.82) is 0 Å². The number of para-hydroxylation sites is 1. The number of non-ortho nitro benzene ring substituents is 1. The van der Waals surface area contributed by atoms with Gasteiger partial charge in [0.1, 0.15) is 11.5 Å². The molecule has 35 heavy (non-hydrogen) atoms. The van der Waals surface area contributed by atoms with E-state index in [4.69, 9.17) is 33.3 Å². The third-order valence-corrected chi connectivity index (χ3v) is 6.48. The normalized spacial score (nSPS) is 14.4. The van der Waals surface area contributed by atoms with Crippen molar-refractivity contribution in [1.82, 2.24) is 0 Å². The lowest BCUT2D eigenvalue weighted by atomic mass is 10.1. The highest BCUT2D eigenvalue weighted by Crippen LogP contribution is 2.37. The van der Waals surface area contributed by atoms with Gasteiger partial charge in [0, 0.05) is 29.1 Å². The Kier molecular flexibility index (Phi) is 8.02. The Morgan fingerprint density at radius 1 is 1.03 bits per heavy atom. The van der Waals surface area contributed by atoms with E-state index in [1.54, 1.807) is 42.5 Å². The average molecular weight is 527 g/mol. The quantitative estimate of drug-likeness (QED) is 0.103. The van der Waals surface area contributed by atoms with Gasteiger partial charge in [0.05, 0.1) is 28.7 Å². The highest BCUT2D eigenvalue weighted by molar-refractivity contribution is 8.27. The summed E-state index contributed by atoms with van der Waals surface area (Å²) in [6, 6.07) is 20.4. The number of nitro benzene ring substituents is 1. The van der Waals surface area contributed by atoms with Crippen LogP contribution in [0.25, 0.3) is 6.08 Å². The van der Waals surface area contributed by atoms with Crippen molar-refractivity contribution in [3.63, 3.8) is 0 Å². The molecular formula is C25H19ClN2O5S2. The van der Waals surface area contributed by atoms with Crippen LogP contribution in [0.15, 0.2) is 77.7 Å². The minimum absolute atomic E-state index is 0.104. The number of rotatable bonds is 9. The van der Waals surface area contributed by atoms with E-state index in [0.29, 0.717) is 56.6 Å². The average Bonchev–Trinajstić information content (AvgIpc) is 3.13. The molecule has 1 aliphatic rings. The first-order valence-corrected chi connectivity index (χ1v) is 12.2. The molecule has 3 aromatic carbocycles. The number of amides is 1. The maximum atomic E-state index is 13.1. The van der Waals surface area contributed by atoms with Gasteiger partial charge in [-0.05, 0) is 48.5 Å². The van der Waals surface area contributed by atoms with Crippen LogP contribution in [0.4, 0.5) is 11.4 Å². The maximum absolute atomic E-state index is 13.1. The number of thioether (sulfide) groups is 1. The van der Waals surface area contributed by atoms with E-state index >= 15 is 0 Å². The molecule has 0 saturated carbocycles. The molecule has 0 N–H and O–H groups in total. The molecule has 0 spiro atoms. The fraction of sp³-hybridized carbons (Fsp3) is 0.120. The number of hydrogen-bond acceptors (Lipinski definition) is 7. The number of benzene rings is 3. The van der Waals surface area contributed by atoms with Crippen molar-refractivity contribution in [2.75, 3.05) is 18.1 Å². The SMILES string of the molecule is O=C1C(=Cc2cc([N+](=O)[O-])ccc2OCCCOc2ccc(Cl)cc2)SC(=S)N1c1ccccc1. The van der Waals surface area contributed by atoms with E-state index in [1.807, 2.05) is 18.2 Å². The van der Waals surface area contributed by atoms with Gasteiger partial charge in [-0.15, -0.1) is 0 Å². The summed E-state index contributed by atoms with van der Waals surface area (Å²) in [7, 11) is 0. The summed E-state index contributed by atoms with van der Waals surface area (Å²) < 4.78 is 11.9. The monoisotopic (exact) mass is 526 g/mol. The van der Waals surface area contributed by atoms with Crippen LogP contribution in [0, 0.1) is 10.1 Å². The predicted octanol–water partition coefficient (Wildman–Crippen LogP) is 6.50. The zero-order chi connectivity index (χ0) is 24.8. The second-order valence-corrected chi connectivity index (χ2v) is 9.45. The third-order valence-electron chi connectivity index (χ3n) is 4.93. The van der Waals surface area contributed by atoms with Gasteiger partial charge in [-0.2, -0.15) is 0 Å². The van der Waals surface area contributed by atoms with Gasteiger partial charge in [-0.3, -0.25) is 19.8 Å². The molecule has 1 amide bonds. The van der Waals surface area contributed by atoms with Crippen LogP contribution in [-0.4, -0.2) is 28.4 Å². The number of thiocarbonyl (C=S) groups is 1. The van der Waals surface area contributed by atoms with Crippen molar-refractivity contribution in [3.05, 3.63) is 98.4 Å². The lowest BCUT2D eigenvalue weighted by molar-refractivity contribution is -0.384. The Bertz CT molecular complexity index is 1280. The van der Waals surface area contributed by atoms with Gasteiger partial charge in [-0.25, -0.2) is 0 Å². The number of halogens is 1. The number of hydrogen-bond donors (Lipinski definition) is 0. The molecule has 0 unspecified atom stereocenters. The summed E-state index contributed by atoms with van der Waals surface area (Å²) in [5, 5.41) is 12.0. The number of carbonyl (C=O) groups is 1. The van der Waals surface area contributed by atoms with Gasteiger partial charge >= 0.3 is 0 Å². The van der Waals surface area contributed by atoms with Gasteiger partial charge in [0.15, 0.2) is 4.32 Å². The number of anilines is 1. The van der Waals surface area contributed by atoms with E-state index < -0.39 is 4.92 Å². The molecule has 178 valence electrons. The molecule has 1 saturated heterocycles. The van der Waals surface area contributed by atoms with Gasteiger partial charge in [-0.1, -0.05) is 53.8 Å². The molecule has 0 atom stereocenters. The van der Waals surface area contributed by atoms with Crippen molar-refractivity contribution in [3.8, 4) is 11.5 Å². The molecule has 0 radical (unpaired) electrons. The summed E-state index contributed by atoms with van der Waals surface area (Å²) in [4.78, 5) is 25.7. The van der Waals surface area contributed by atoms with E-state index in [1.165, 1.54) is 23.1 Å². The first-order valence-electron chi connectivity index (χ1n) is 10.5. The molecule has 10 heteroatoms. The molecule has 0 aliphatic carbocycles. The minimum Gasteiger partial charge on any atom is -0.493 e. The summed E-state index contributed by atoms with van der Waals surface area (Å²) >= 11 is 12.4.